The van der Waals surface area contributed by atoms with Gasteiger partial charge in [0.05, 0.1) is 0 Å². The van der Waals surface area contributed by atoms with E-state index in [9.17, 15) is 14.0 Å². The molecule has 0 aliphatic rings. The van der Waals surface area contributed by atoms with Crippen LogP contribution < -0.4 is 10.5 Å². The third-order valence-corrected chi connectivity index (χ3v) is 3.98. The predicted molar refractivity (Wildman–Crippen MR) is 98.5 cm³/mol. The number of hydrogen-bond donors (Lipinski definition) is 0. The van der Waals surface area contributed by atoms with Crippen molar-refractivity contribution in [2.24, 2.45) is 0 Å². The molecule has 0 spiro atoms. The Hall–Kier alpha value is -3.42. The van der Waals surface area contributed by atoms with Gasteiger partial charge in [0.25, 0.3) is 0 Å². The van der Waals surface area contributed by atoms with Crippen LogP contribution in [0.25, 0.3) is 11.5 Å². The Morgan fingerprint density at radius 2 is 1.79 bits per heavy atom. The van der Waals surface area contributed by atoms with Crippen LogP contribution in [0.1, 0.15) is 11.1 Å². The molecule has 8 heteroatoms. The fraction of sp³-hybridized carbons (Fsp3) is 0.250. The third-order valence-electron chi connectivity index (χ3n) is 3.98. The average Bonchev–Trinajstić information content (AvgIpc) is 3.01. The minimum atomic E-state index is -0.803. The van der Waals surface area contributed by atoms with Crippen molar-refractivity contribution in [3.05, 3.63) is 70.0 Å². The second kappa shape index (κ2) is 8.51. The summed E-state index contributed by atoms with van der Waals surface area (Å²) in [6, 6.07) is 11.1. The fourth-order valence-electron chi connectivity index (χ4n) is 2.61. The number of para-hydroxylation sites is 1. The molecule has 3 rings (SSSR count). The van der Waals surface area contributed by atoms with Gasteiger partial charge in [0.2, 0.25) is 5.89 Å². The molecule has 0 bridgehead atoms. The predicted octanol–water partition coefficient (Wildman–Crippen LogP) is 2.88. The van der Waals surface area contributed by atoms with Crippen LogP contribution in [-0.4, -0.2) is 29.0 Å². The fourth-order valence-corrected chi connectivity index (χ4v) is 2.61. The summed E-state index contributed by atoms with van der Waals surface area (Å²) in [6.45, 7) is 3.69. The third kappa shape index (κ3) is 4.64. The van der Waals surface area contributed by atoms with E-state index in [4.69, 9.17) is 13.9 Å². The van der Waals surface area contributed by atoms with Gasteiger partial charge in [-0.2, -0.15) is 4.68 Å². The molecule has 0 saturated carbocycles. The molecule has 3 aromatic rings. The summed E-state index contributed by atoms with van der Waals surface area (Å²) >= 11 is 0. The van der Waals surface area contributed by atoms with E-state index in [0.29, 0.717) is 5.56 Å². The van der Waals surface area contributed by atoms with Gasteiger partial charge >= 0.3 is 11.7 Å². The average molecular weight is 386 g/mol. The number of carbonyl (C=O) groups is 1. The Bertz CT molecular complexity index is 1000. The van der Waals surface area contributed by atoms with Gasteiger partial charge in [0.15, 0.2) is 0 Å². The van der Waals surface area contributed by atoms with Crippen molar-refractivity contribution in [3.63, 3.8) is 0 Å². The van der Waals surface area contributed by atoms with Crippen LogP contribution in [0, 0.1) is 19.7 Å². The standard InChI is InChI=1S/C20H19FN2O5/c1-13-4-3-5-14(2)18(13)27-11-10-26-17(24)12-23-20(25)28-19(22-23)15-6-8-16(21)9-7-15/h3-9H,10-12H2,1-2H3. The van der Waals surface area contributed by atoms with E-state index >= 15 is 0 Å². The first-order valence-corrected chi connectivity index (χ1v) is 8.62. The Kier molecular flexibility index (Phi) is 5.88. The zero-order valence-electron chi connectivity index (χ0n) is 15.5. The second-order valence-electron chi connectivity index (χ2n) is 6.13. The first kappa shape index (κ1) is 19.3. The zero-order chi connectivity index (χ0) is 20.1. The maximum absolute atomic E-state index is 13.0. The SMILES string of the molecule is Cc1cccc(C)c1OCCOC(=O)Cn1nc(-c2ccc(F)cc2)oc1=O. The number of aryl methyl sites for hydroxylation is 2. The van der Waals surface area contributed by atoms with Crippen molar-refractivity contribution in [3.8, 4) is 17.2 Å². The molecule has 0 amide bonds. The molecule has 1 aromatic heterocycles. The second-order valence-corrected chi connectivity index (χ2v) is 6.13. The van der Waals surface area contributed by atoms with Crippen molar-refractivity contribution >= 4 is 5.97 Å². The van der Waals surface area contributed by atoms with Crippen molar-refractivity contribution in [1.29, 1.82) is 0 Å². The molecule has 0 fully saturated rings. The van der Waals surface area contributed by atoms with Gasteiger partial charge in [0, 0.05) is 5.56 Å². The maximum Gasteiger partial charge on any atom is 0.437 e. The Balaban J connectivity index is 1.52. The quantitative estimate of drug-likeness (QED) is 0.459. The highest BCUT2D eigenvalue weighted by atomic mass is 19.1. The number of halogens is 1. The summed E-state index contributed by atoms with van der Waals surface area (Å²) in [6.07, 6.45) is 0. The molecule has 0 aliphatic carbocycles. The van der Waals surface area contributed by atoms with Crippen molar-refractivity contribution < 1.29 is 23.1 Å². The molecule has 0 unspecified atom stereocenters. The summed E-state index contributed by atoms with van der Waals surface area (Å²) in [5.74, 6) is -1.11. The van der Waals surface area contributed by atoms with Gasteiger partial charge in [-0.1, -0.05) is 18.2 Å². The van der Waals surface area contributed by atoms with Crippen LogP contribution in [0.4, 0.5) is 4.39 Å². The minimum Gasteiger partial charge on any atom is -0.489 e. The van der Waals surface area contributed by atoms with Crippen LogP contribution in [0.2, 0.25) is 0 Å². The van der Waals surface area contributed by atoms with E-state index in [1.165, 1.54) is 24.3 Å². The van der Waals surface area contributed by atoms with E-state index in [1.807, 2.05) is 32.0 Å². The van der Waals surface area contributed by atoms with E-state index in [-0.39, 0.29) is 19.1 Å². The number of ether oxygens (including phenoxy) is 2. The molecule has 0 radical (unpaired) electrons. The number of benzene rings is 2. The molecule has 146 valence electrons. The highest BCUT2D eigenvalue weighted by molar-refractivity contribution is 5.69. The van der Waals surface area contributed by atoms with E-state index in [1.54, 1.807) is 0 Å². The lowest BCUT2D eigenvalue weighted by atomic mass is 10.1. The van der Waals surface area contributed by atoms with E-state index < -0.39 is 24.1 Å². The van der Waals surface area contributed by atoms with Gasteiger partial charge in [-0.3, -0.25) is 4.79 Å². The molecule has 28 heavy (non-hydrogen) atoms. The molecule has 0 saturated heterocycles. The summed E-state index contributed by atoms with van der Waals surface area (Å²) in [7, 11) is 0. The van der Waals surface area contributed by atoms with Crippen molar-refractivity contribution in [2.75, 3.05) is 13.2 Å². The van der Waals surface area contributed by atoms with Crippen LogP contribution in [0.3, 0.4) is 0 Å². The Morgan fingerprint density at radius 1 is 1.11 bits per heavy atom. The lowest BCUT2D eigenvalue weighted by Gasteiger charge is -2.11. The Labute approximate surface area is 160 Å². The maximum atomic E-state index is 13.0. The summed E-state index contributed by atoms with van der Waals surface area (Å²) in [4.78, 5) is 23.8. The zero-order valence-corrected chi connectivity index (χ0v) is 15.5. The van der Waals surface area contributed by atoms with Crippen LogP contribution in [0.5, 0.6) is 5.75 Å². The number of nitrogens with zero attached hydrogens (tertiary/aromatic N) is 2. The normalized spacial score (nSPS) is 10.7. The van der Waals surface area contributed by atoms with Crippen LogP contribution in [-0.2, 0) is 16.1 Å². The van der Waals surface area contributed by atoms with E-state index in [0.717, 1.165) is 21.6 Å². The van der Waals surface area contributed by atoms with Crippen molar-refractivity contribution in [2.45, 2.75) is 20.4 Å². The largest absolute Gasteiger partial charge is 0.489 e. The smallest absolute Gasteiger partial charge is 0.437 e. The molecule has 1 heterocycles. The molecular formula is C20H19FN2O5. The number of aromatic nitrogens is 2. The first-order valence-electron chi connectivity index (χ1n) is 8.62. The van der Waals surface area contributed by atoms with Gasteiger partial charge < -0.3 is 13.9 Å². The van der Waals surface area contributed by atoms with Crippen LogP contribution in [0.15, 0.2) is 51.7 Å². The van der Waals surface area contributed by atoms with Gasteiger partial charge in [-0.15, -0.1) is 5.10 Å². The number of rotatable bonds is 7. The highest BCUT2D eigenvalue weighted by Crippen LogP contribution is 2.22. The summed E-state index contributed by atoms with van der Waals surface area (Å²) < 4.78 is 29.5. The van der Waals surface area contributed by atoms with Crippen LogP contribution >= 0.6 is 0 Å². The number of esters is 1. The molecule has 2 aromatic carbocycles. The monoisotopic (exact) mass is 386 g/mol. The Morgan fingerprint density at radius 3 is 2.46 bits per heavy atom. The summed E-state index contributed by atoms with van der Waals surface area (Å²) in [5.41, 5.74) is 2.41. The molecule has 0 aliphatic heterocycles. The van der Waals surface area contributed by atoms with Gasteiger partial charge in [0.1, 0.15) is 31.3 Å². The lowest BCUT2D eigenvalue weighted by molar-refractivity contribution is -0.145. The topological polar surface area (TPSA) is 83.6 Å². The lowest BCUT2D eigenvalue weighted by Crippen LogP contribution is -2.24. The first-order chi connectivity index (χ1) is 13.4. The van der Waals surface area contributed by atoms with E-state index in [2.05, 4.69) is 5.10 Å². The molecule has 0 N–H and O–H groups in total. The highest BCUT2D eigenvalue weighted by Gasteiger charge is 2.14. The van der Waals surface area contributed by atoms with Gasteiger partial charge in [-0.05, 0) is 49.2 Å². The number of hydrogen-bond acceptors (Lipinski definition) is 6. The summed E-state index contributed by atoms with van der Waals surface area (Å²) in [5, 5.41) is 3.93. The minimum absolute atomic E-state index is 0.00355. The van der Waals surface area contributed by atoms with Crippen molar-refractivity contribution in [1.82, 2.24) is 9.78 Å². The number of carbonyl (C=O) groups excluding carboxylic acids is 1. The van der Waals surface area contributed by atoms with Gasteiger partial charge in [-0.25, -0.2) is 9.18 Å². The molecule has 7 nitrogen and oxygen atoms in total. The molecule has 0 atom stereocenters. The molecular weight excluding hydrogens is 367 g/mol.